The van der Waals surface area contributed by atoms with Gasteiger partial charge in [-0.05, 0) is 54.5 Å². The summed E-state index contributed by atoms with van der Waals surface area (Å²) in [4.78, 5) is 0.803. The number of benzene rings is 2. The topological polar surface area (TPSA) is 57.2 Å². The number of alkyl halides is 3. The van der Waals surface area contributed by atoms with Crippen molar-refractivity contribution in [3.05, 3.63) is 64.0 Å². The predicted octanol–water partition coefficient (Wildman–Crippen LogP) is 9.02. The second-order valence-corrected chi connectivity index (χ2v) is 12.5. The molecule has 0 bridgehead atoms. The summed E-state index contributed by atoms with van der Waals surface area (Å²) in [6.45, 7) is 7.74. The van der Waals surface area contributed by atoms with Crippen LogP contribution < -0.4 is 4.74 Å². The van der Waals surface area contributed by atoms with Crippen molar-refractivity contribution in [2.24, 2.45) is 0 Å². The van der Waals surface area contributed by atoms with Crippen LogP contribution in [0.4, 0.5) is 13.2 Å². The molecule has 0 unspecified atom stereocenters. The van der Waals surface area contributed by atoms with E-state index in [1.54, 1.807) is 0 Å². The second kappa shape index (κ2) is 15.7. The normalized spacial score (nSPS) is 21.0. The molecule has 0 amide bonds. The Kier molecular flexibility index (Phi) is 12.3. The van der Waals surface area contributed by atoms with Crippen LogP contribution in [0.3, 0.4) is 0 Å². The molecular formula is C34H45F3O5S. The van der Waals surface area contributed by atoms with Crippen LogP contribution in [0.5, 0.6) is 5.75 Å². The van der Waals surface area contributed by atoms with E-state index < -0.39 is 23.6 Å². The van der Waals surface area contributed by atoms with Gasteiger partial charge in [0.1, 0.15) is 5.75 Å². The zero-order valence-electron chi connectivity index (χ0n) is 25.5. The number of halogens is 3. The third-order valence-corrected chi connectivity index (χ3v) is 8.83. The van der Waals surface area contributed by atoms with Crippen molar-refractivity contribution < 1.29 is 37.2 Å². The molecule has 3 atom stereocenters. The number of fused-ring (bicyclic) bond motifs is 1. The fraction of sp³-hybridized carbons (Fsp3) is 0.588. The van der Waals surface area contributed by atoms with Crippen molar-refractivity contribution in [3.8, 4) is 5.75 Å². The molecule has 9 heteroatoms. The molecule has 0 radical (unpaired) electrons. The van der Waals surface area contributed by atoms with Crippen LogP contribution in [0.25, 0.3) is 10.1 Å². The van der Waals surface area contributed by atoms with Gasteiger partial charge in [-0.2, -0.15) is 13.2 Å². The first-order valence-electron chi connectivity index (χ1n) is 15.6. The number of ether oxygens (including phenoxy) is 4. The van der Waals surface area contributed by atoms with Crippen molar-refractivity contribution in [2.75, 3.05) is 26.4 Å². The van der Waals surface area contributed by atoms with E-state index in [-0.39, 0.29) is 49.0 Å². The van der Waals surface area contributed by atoms with Gasteiger partial charge in [-0.3, -0.25) is 0 Å². The summed E-state index contributed by atoms with van der Waals surface area (Å²) in [5.41, 5.74) is -0.497. The molecule has 0 spiro atoms. The number of rotatable bonds is 16. The standard InChI is InChI=1S/C34H45F3O5S/c1-4-7-14-39-23-27-20-26(40-15-8-5-2)22-33(38,42-27)30-19-25(18-28-17-24-12-10-11-13-32(24)43-28)29(34(35,36)37)21-31(30)41-16-9-6-3/h10-13,17,19,21,26-27,38H,4-9,14-16,18,20,22-23H2,1-3H3/t26-,27-,33+/m0/s1. The van der Waals surface area contributed by atoms with Gasteiger partial charge in [0.05, 0.1) is 36.5 Å². The largest absolute Gasteiger partial charge is 0.493 e. The van der Waals surface area contributed by atoms with Crippen molar-refractivity contribution in [1.82, 2.24) is 0 Å². The van der Waals surface area contributed by atoms with Gasteiger partial charge in [0, 0.05) is 42.1 Å². The van der Waals surface area contributed by atoms with Crippen molar-refractivity contribution in [2.45, 2.75) is 103 Å². The Labute approximate surface area is 257 Å². The molecule has 2 aromatic carbocycles. The van der Waals surface area contributed by atoms with Crippen molar-refractivity contribution in [3.63, 3.8) is 0 Å². The zero-order valence-corrected chi connectivity index (χ0v) is 26.3. The van der Waals surface area contributed by atoms with Crippen LogP contribution in [-0.2, 0) is 32.6 Å². The van der Waals surface area contributed by atoms with E-state index in [1.807, 2.05) is 37.3 Å². The summed E-state index contributed by atoms with van der Waals surface area (Å²) >= 11 is 1.47. The zero-order chi connectivity index (χ0) is 30.9. The van der Waals surface area contributed by atoms with Gasteiger partial charge < -0.3 is 24.1 Å². The lowest BCUT2D eigenvalue weighted by molar-refractivity contribution is -0.292. The Bertz CT molecular complexity index is 1260. The molecule has 2 heterocycles. The first-order chi connectivity index (χ1) is 20.7. The van der Waals surface area contributed by atoms with Gasteiger partial charge in [0.25, 0.3) is 0 Å². The van der Waals surface area contributed by atoms with Gasteiger partial charge >= 0.3 is 6.18 Å². The molecule has 5 nitrogen and oxygen atoms in total. The smallest absolute Gasteiger partial charge is 0.416 e. The first kappa shape index (κ1) is 33.7. The monoisotopic (exact) mass is 622 g/mol. The highest BCUT2D eigenvalue weighted by molar-refractivity contribution is 7.19. The molecule has 43 heavy (non-hydrogen) atoms. The van der Waals surface area contributed by atoms with Crippen molar-refractivity contribution in [1.29, 1.82) is 0 Å². The molecule has 4 rings (SSSR count). The number of thiophene rings is 1. The maximum Gasteiger partial charge on any atom is 0.416 e. The van der Waals surface area contributed by atoms with Gasteiger partial charge in [0.15, 0.2) is 5.79 Å². The number of hydrogen-bond acceptors (Lipinski definition) is 6. The minimum Gasteiger partial charge on any atom is -0.493 e. The summed E-state index contributed by atoms with van der Waals surface area (Å²) in [6.07, 6.45) is 0.452. The third-order valence-electron chi connectivity index (χ3n) is 7.72. The molecule has 1 N–H and O–H groups in total. The molecule has 0 saturated carbocycles. The highest BCUT2D eigenvalue weighted by Gasteiger charge is 2.45. The third kappa shape index (κ3) is 9.17. The SMILES string of the molecule is CCCCOC[C@@H]1C[C@H](OCCCC)C[C@](O)(c2cc(Cc3cc4ccccc4s3)c(C(F)(F)F)cc2OCCCC)O1. The van der Waals surface area contributed by atoms with Crippen LogP contribution in [0.2, 0.25) is 0 Å². The van der Waals surface area contributed by atoms with E-state index in [0.29, 0.717) is 26.1 Å². The van der Waals surface area contributed by atoms with E-state index in [1.165, 1.54) is 17.4 Å². The Morgan fingerprint density at radius 2 is 1.70 bits per heavy atom. The van der Waals surface area contributed by atoms with Crippen LogP contribution in [0.15, 0.2) is 42.5 Å². The lowest BCUT2D eigenvalue weighted by Gasteiger charge is -2.42. The maximum atomic E-state index is 14.5. The molecule has 1 saturated heterocycles. The molecule has 0 aliphatic carbocycles. The van der Waals surface area contributed by atoms with Crippen LogP contribution in [0.1, 0.15) is 93.7 Å². The molecule has 1 aromatic heterocycles. The second-order valence-electron chi connectivity index (χ2n) is 11.4. The molecule has 1 fully saturated rings. The van der Waals surface area contributed by atoms with Gasteiger partial charge in [-0.15, -0.1) is 11.3 Å². The summed E-state index contributed by atoms with van der Waals surface area (Å²) in [7, 11) is 0. The van der Waals surface area contributed by atoms with Gasteiger partial charge in [-0.1, -0.05) is 58.2 Å². The van der Waals surface area contributed by atoms with E-state index in [9.17, 15) is 18.3 Å². The number of aliphatic hydroxyl groups is 1. The van der Waals surface area contributed by atoms with Crippen LogP contribution in [-0.4, -0.2) is 43.7 Å². The molecule has 238 valence electrons. The maximum absolute atomic E-state index is 14.5. The number of unbranched alkanes of at least 4 members (excludes halogenated alkanes) is 3. The molecule has 3 aromatic rings. The van der Waals surface area contributed by atoms with Crippen LogP contribution >= 0.6 is 11.3 Å². The summed E-state index contributed by atoms with van der Waals surface area (Å²) in [5, 5.41) is 13.2. The highest BCUT2D eigenvalue weighted by Crippen LogP contribution is 2.45. The average Bonchev–Trinajstić information content (AvgIpc) is 3.38. The molecular weight excluding hydrogens is 577 g/mol. The summed E-state index contributed by atoms with van der Waals surface area (Å²) in [6, 6.07) is 12.2. The van der Waals surface area contributed by atoms with E-state index >= 15 is 0 Å². The lowest BCUT2D eigenvalue weighted by atomic mass is 9.89. The lowest BCUT2D eigenvalue weighted by Crippen LogP contribution is -2.47. The minimum atomic E-state index is -4.61. The summed E-state index contributed by atoms with van der Waals surface area (Å²) < 4.78 is 68.8. The van der Waals surface area contributed by atoms with Crippen molar-refractivity contribution >= 4 is 21.4 Å². The first-order valence-corrected chi connectivity index (χ1v) is 16.4. The van der Waals surface area contributed by atoms with E-state index in [2.05, 4.69) is 13.8 Å². The van der Waals surface area contributed by atoms with Gasteiger partial charge in [0.2, 0.25) is 0 Å². The Hall–Kier alpha value is -2.17. The Morgan fingerprint density at radius 3 is 2.42 bits per heavy atom. The van der Waals surface area contributed by atoms with E-state index in [0.717, 1.165) is 53.1 Å². The quantitative estimate of drug-likeness (QED) is 0.162. The predicted molar refractivity (Wildman–Crippen MR) is 165 cm³/mol. The Morgan fingerprint density at radius 1 is 0.977 bits per heavy atom. The Balaban J connectivity index is 1.75. The van der Waals surface area contributed by atoms with E-state index in [4.69, 9.17) is 18.9 Å². The summed E-state index contributed by atoms with van der Waals surface area (Å²) in [5.74, 6) is -1.92. The fourth-order valence-electron chi connectivity index (χ4n) is 5.41. The highest BCUT2D eigenvalue weighted by atomic mass is 32.1. The minimum absolute atomic E-state index is 0.0109. The van der Waals surface area contributed by atoms with Gasteiger partial charge in [-0.25, -0.2) is 0 Å². The van der Waals surface area contributed by atoms with Crippen LogP contribution in [0, 0.1) is 0 Å². The fourth-order valence-corrected chi connectivity index (χ4v) is 6.50. The average molecular weight is 623 g/mol. The molecule has 1 aliphatic rings. The molecule has 1 aliphatic heterocycles. The number of hydrogen-bond donors (Lipinski definition) is 1.